The highest BCUT2D eigenvalue weighted by molar-refractivity contribution is 9.08. The van der Waals surface area contributed by atoms with Crippen molar-refractivity contribution in [3.8, 4) is 0 Å². The van der Waals surface area contributed by atoms with Crippen LogP contribution >= 0.6 is 15.9 Å². The van der Waals surface area contributed by atoms with Crippen molar-refractivity contribution >= 4 is 21.9 Å². The van der Waals surface area contributed by atoms with Crippen LogP contribution in [0.5, 0.6) is 0 Å². The molecule has 0 aliphatic carbocycles. The van der Waals surface area contributed by atoms with Crippen molar-refractivity contribution in [3.63, 3.8) is 0 Å². The van der Waals surface area contributed by atoms with Gasteiger partial charge in [0.2, 0.25) is 5.95 Å². The highest BCUT2D eigenvalue weighted by atomic mass is 79.9. The van der Waals surface area contributed by atoms with Gasteiger partial charge >= 0.3 is 0 Å². The molecule has 0 N–H and O–H groups in total. The molecule has 1 aliphatic rings. The second-order valence-electron chi connectivity index (χ2n) is 3.97. The van der Waals surface area contributed by atoms with Crippen molar-refractivity contribution in [2.75, 3.05) is 25.1 Å². The van der Waals surface area contributed by atoms with Crippen molar-refractivity contribution in [3.05, 3.63) is 18.0 Å². The molecule has 1 fully saturated rings. The number of anilines is 1. The number of alkyl halides is 1. The van der Waals surface area contributed by atoms with Gasteiger partial charge in [0.1, 0.15) is 0 Å². The van der Waals surface area contributed by atoms with Crippen molar-refractivity contribution in [2.45, 2.75) is 24.3 Å². The summed E-state index contributed by atoms with van der Waals surface area (Å²) in [5.41, 5.74) is 1.10. The molecule has 2 rings (SSSR count). The zero-order chi connectivity index (χ0) is 11.4. The molecule has 0 amide bonds. The van der Waals surface area contributed by atoms with Crippen LogP contribution in [-0.2, 0) is 10.1 Å². The fraction of sp³-hybridized carbons (Fsp3) is 0.636. The van der Waals surface area contributed by atoms with Crippen molar-refractivity contribution < 1.29 is 4.74 Å². The number of piperidine rings is 1. The third-order valence-electron chi connectivity index (χ3n) is 2.84. The molecule has 16 heavy (non-hydrogen) atoms. The third kappa shape index (κ3) is 2.71. The monoisotopic (exact) mass is 285 g/mol. The smallest absolute Gasteiger partial charge is 0.225 e. The number of rotatable bonds is 3. The first-order chi connectivity index (χ1) is 7.83. The van der Waals surface area contributed by atoms with E-state index in [0.29, 0.717) is 6.10 Å². The Balaban J connectivity index is 2.05. The second-order valence-corrected chi connectivity index (χ2v) is 4.53. The molecule has 0 radical (unpaired) electrons. The van der Waals surface area contributed by atoms with Crippen molar-refractivity contribution in [2.24, 2.45) is 0 Å². The molecule has 1 saturated heterocycles. The maximum Gasteiger partial charge on any atom is 0.225 e. The van der Waals surface area contributed by atoms with Crippen LogP contribution < -0.4 is 4.90 Å². The first kappa shape index (κ1) is 11.8. The van der Waals surface area contributed by atoms with E-state index in [1.807, 2.05) is 12.4 Å². The summed E-state index contributed by atoms with van der Waals surface area (Å²) in [4.78, 5) is 10.9. The Hall–Kier alpha value is -0.680. The molecule has 0 aromatic carbocycles. The lowest BCUT2D eigenvalue weighted by Crippen LogP contribution is -2.40. The van der Waals surface area contributed by atoms with Crippen LogP contribution in [0.2, 0.25) is 0 Å². The van der Waals surface area contributed by atoms with Gasteiger partial charge in [0.05, 0.1) is 6.10 Å². The Bertz CT molecular complexity index is 331. The predicted octanol–water partition coefficient (Wildman–Crippen LogP) is 1.99. The molecule has 5 heteroatoms. The summed E-state index contributed by atoms with van der Waals surface area (Å²) in [6, 6.07) is 0. The summed E-state index contributed by atoms with van der Waals surface area (Å²) < 4.78 is 5.38. The number of nitrogens with zero attached hydrogens (tertiary/aromatic N) is 3. The largest absolute Gasteiger partial charge is 0.380 e. The van der Waals surface area contributed by atoms with Gasteiger partial charge in [-0.2, -0.15) is 0 Å². The SMILES string of the molecule is COC1CCCN(c2ncc(CBr)cn2)C1. The minimum absolute atomic E-state index is 0.313. The summed E-state index contributed by atoms with van der Waals surface area (Å²) in [6.45, 7) is 1.91. The van der Waals surface area contributed by atoms with Crippen LogP contribution in [0.25, 0.3) is 0 Å². The molecule has 1 aromatic heterocycles. The Kier molecular flexibility index (Phi) is 4.12. The summed E-state index contributed by atoms with van der Waals surface area (Å²) in [7, 11) is 1.77. The molecule has 0 bridgehead atoms. The molecule has 1 aliphatic heterocycles. The zero-order valence-electron chi connectivity index (χ0n) is 9.40. The maximum absolute atomic E-state index is 5.38. The standard InChI is InChI=1S/C11H16BrN3O/c1-16-10-3-2-4-15(8-10)11-13-6-9(5-12)7-14-11/h6-7,10H,2-5,8H2,1H3. The van der Waals surface area contributed by atoms with Crippen LogP contribution in [0.4, 0.5) is 5.95 Å². The number of aromatic nitrogens is 2. The van der Waals surface area contributed by atoms with Crippen LogP contribution in [0, 0.1) is 0 Å². The van der Waals surface area contributed by atoms with Gasteiger partial charge in [-0.1, -0.05) is 15.9 Å². The predicted molar refractivity (Wildman–Crippen MR) is 66.9 cm³/mol. The molecule has 1 aromatic rings. The Morgan fingerprint density at radius 3 is 2.88 bits per heavy atom. The molecule has 88 valence electrons. The van der Waals surface area contributed by atoms with E-state index in [-0.39, 0.29) is 0 Å². The van der Waals surface area contributed by atoms with Gasteiger partial charge in [-0.15, -0.1) is 0 Å². The minimum atomic E-state index is 0.313. The number of ether oxygens (including phenoxy) is 1. The maximum atomic E-state index is 5.38. The topological polar surface area (TPSA) is 38.2 Å². The van der Waals surface area contributed by atoms with Gasteiger partial charge in [0, 0.05) is 37.9 Å². The number of halogens is 1. The third-order valence-corrected chi connectivity index (χ3v) is 3.49. The Morgan fingerprint density at radius 1 is 1.50 bits per heavy atom. The van der Waals surface area contributed by atoms with Gasteiger partial charge in [-0.05, 0) is 18.4 Å². The highest BCUT2D eigenvalue weighted by Crippen LogP contribution is 2.17. The van der Waals surface area contributed by atoms with Gasteiger partial charge < -0.3 is 9.64 Å². The van der Waals surface area contributed by atoms with E-state index >= 15 is 0 Å². The average Bonchev–Trinajstić information content (AvgIpc) is 2.39. The van der Waals surface area contributed by atoms with E-state index in [1.54, 1.807) is 7.11 Å². The van der Waals surface area contributed by atoms with Gasteiger partial charge in [-0.25, -0.2) is 9.97 Å². The number of hydrogen-bond acceptors (Lipinski definition) is 4. The fourth-order valence-corrected chi connectivity index (χ4v) is 2.18. The lowest BCUT2D eigenvalue weighted by molar-refractivity contribution is 0.0889. The molecule has 4 nitrogen and oxygen atoms in total. The lowest BCUT2D eigenvalue weighted by Gasteiger charge is -2.31. The molecular formula is C11H16BrN3O. The van der Waals surface area contributed by atoms with Crippen molar-refractivity contribution in [1.29, 1.82) is 0 Å². The van der Waals surface area contributed by atoms with Crippen LogP contribution in [0.1, 0.15) is 18.4 Å². The summed E-state index contributed by atoms with van der Waals surface area (Å²) >= 11 is 3.39. The van der Waals surface area contributed by atoms with Crippen LogP contribution in [0.15, 0.2) is 12.4 Å². The van der Waals surface area contributed by atoms with Gasteiger partial charge in [0.25, 0.3) is 0 Å². The van der Waals surface area contributed by atoms with E-state index < -0.39 is 0 Å². The number of methoxy groups -OCH3 is 1. The zero-order valence-corrected chi connectivity index (χ0v) is 11.0. The van der Waals surface area contributed by atoms with Crippen LogP contribution in [0.3, 0.4) is 0 Å². The van der Waals surface area contributed by atoms with E-state index in [2.05, 4.69) is 30.8 Å². The summed E-state index contributed by atoms with van der Waals surface area (Å²) in [6.07, 6.45) is 6.32. The molecule has 0 spiro atoms. The van der Waals surface area contributed by atoms with E-state index in [1.165, 1.54) is 0 Å². The first-order valence-corrected chi connectivity index (χ1v) is 6.60. The normalized spacial score (nSPS) is 21.1. The Morgan fingerprint density at radius 2 is 2.25 bits per heavy atom. The van der Waals surface area contributed by atoms with Crippen molar-refractivity contribution in [1.82, 2.24) is 9.97 Å². The Labute approximate surface area is 104 Å². The van der Waals surface area contributed by atoms with Gasteiger partial charge in [0.15, 0.2) is 0 Å². The fourth-order valence-electron chi connectivity index (χ4n) is 1.89. The minimum Gasteiger partial charge on any atom is -0.380 e. The van der Waals surface area contributed by atoms with Crippen LogP contribution in [-0.4, -0.2) is 36.3 Å². The highest BCUT2D eigenvalue weighted by Gasteiger charge is 2.20. The molecule has 2 heterocycles. The molecular weight excluding hydrogens is 270 g/mol. The first-order valence-electron chi connectivity index (χ1n) is 5.48. The average molecular weight is 286 g/mol. The molecule has 1 unspecified atom stereocenters. The van der Waals surface area contributed by atoms with E-state index in [4.69, 9.17) is 4.74 Å². The lowest BCUT2D eigenvalue weighted by atomic mass is 10.1. The summed E-state index contributed by atoms with van der Waals surface area (Å²) in [5.74, 6) is 0.812. The summed E-state index contributed by atoms with van der Waals surface area (Å²) in [5, 5.41) is 0.800. The molecule has 0 saturated carbocycles. The van der Waals surface area contributed by atoms with E-state index in [9.17, 15) is 0 Å². The van der Waals surface area contributed by atoms with Gasteiger partial charge in [-0.3, -0.25) is 0 Å². The van der Waals surface area contributed by atoms with E-state index in [0.717, 1.165) is 42.8 Å². The quantitative estimate of drug-likeness (QED) is 0.796. The molecule has 1 atom stereocenters. The number of hydrogen-bond donors (Lipinski definition) is 0. The second kappa shape index (κ2) is 5.59.